The van der Waals surface area contributed by atoms with Gasteiger partial charge in [-0.1, -0.05) is 12.1 Å². The maximum absolute atomic E-state index is 12.3. The van der Waals surface area contributed by atoms with Gasteiger partial charge < -0.3 is 16.2 Å². The number of pyridine rings is 1. The first-order chi connectivity index (χ1) is 12.5. The third-order valence-corrected chi connectivity index (χ3v) is 4.89. The van der Waals surface area contributed by atoms with Crippen LogP contribution in [0.15, 0.2) is 28.9 Å². The second-order valence-corrected chi connectivity index (χ2v) is 6.79. The smallest absolute Gasteiger partial charge is 0.251 e. The molecule has 1 saturated carbocycles. The van der Waals surface area contributed by atoms with Crippen LogP contribution in [0.4, 0.5) is 5.69 Å². The highest BCUT2D eigenvalue weighted by Gasteiger charge is 2.43. The van der Waals surface area contributed by atoms with Crippen molar-refractivity contribution in [1.82, 2.24) is 20.6 Å². The zero-order chi connectivity index (χ0) is 18.3. The molecule has 0 spiro atoms. The fourth-order valence-electron chi connectivity index (χ4n) is 2.98. The molecular weight excluding hydrogens is 334 g/mol. The first-order valence-electron chi connectivity index (χ1n) is 8.41. The van der Waals surface area contributed by atoms with E-state index in [0.717, 1.165) is 29.7 Å². The van der Waals surface area contributed by atoms with Crippen molar-refractivity contribution in [3.8, 4) is 0 Å². The molecule has 0 unspecified atom stereocenters. The predicted octanol–water partition coefficient (Wildman–Crippen LogP) is 1.35. The van der Waals surface area contributed by atoms with Crippen LogP contribution in [0.2, 0.25) is 0 Å². The van der Waals surface area contributed by atoms with Crippen molar-refractivity contribution < 1.29 is 14.5 Å². The van der Waals surface area contributed by atoms with Gasteiger partial charge in [0.05, 0.1) is 17.8 Å². The molecule has 4 N–H and O–H groups in total. The Morgan fingerprint density at radius 1 is 1.31 bits per heavy atom. The van der Waals surface area contributed by atoms with E-state index in [-0.39, 0.29) is 12.5 Å². The first-order valence-corrected chi connectivity index (χ1v) is 8.41. The lowest BCUT2D eigenvalue weighted by Gasteiger charge is -2.14. The Morgan fingerprint density at radius 3 is 2.69 bits per heavy atom. The van der Waals surface area contributed by atoms with Gasteiger partial charge in [0, 0.05) is 23.2 Å². The second kappa shape index (κ2) is 6.06. The summed E-state index contributed by atoms with van der Waals surface area (Å²) in [6.07, 6.45) is 2.20. The summed E-state index contributed by atoms with van der Waals surface area (Å²) in [5, 5.41) is 19.7. The summed E-state index contributed by atoms with van der Waals surface area (Å²) in [5.74, 6) is -0.171. The Balaban J connectivity index is 1.54. The fourth-order valence-corrected chi connectivity index (χ4v) is 2.98. The Morgan fingerprint density at radius 2 is 2.04 bits per heavy atom. The molecule has 8 nitrogen and oxygen atoms in total. The molecule has 134 valence electrons. The minimum Gasteiger partial charge on any atom is -0.396 e. The summed E-state index contributed by atoms with van der Waals surface area (Å²) in [6, 6.07) is 7.32. The van der Waals surface area contributed by atoms with E-state index in [1.54, 1.807) is 12.1 Å². The van der Waals surface area contributed by atoms with Crippen LogP contribution in [-0.2, 0) is 6.42 Å². The van der Waals surface area contributed by atoms with E-state index >= 15 is 0 Å². The van der Waals surface area contributed by atoms with Gasteiger partial charge in [0.15, 0.2) is 5.52 Å². The van der Waals surface area contributed by atoms with Crippen molar-refractivity contribution in [1.29, 1.82) is 0 Å². The van der Waals surface area contributed by atoms with E-state index in [9.17, 15) is 9.90 Å². The largest absolute Gasteiger partial charge is 0.396 e. The molecule has 4 rings (SSSR count). The lowest BCUT2D eigenvalue weighted by molar-refractivity contribution is 0.0907. The quantitative estimate of drug-likeness (QED) is 0.632. The van der Waals surface area contributed by atoms with Gasteiger partial charge in [-0.25, -0.2) is 9.61 Å². The van der Waals surface area contributed by atoms with Gasteiger partial charge in [0.1, 0.15) is 0 Å². The summed E-state index contributed by atoms with van der Waals surface area (Å²) in [7, 11) is 0. The average molecular weight is 353 g/mol. The second-order valence-electron chi connectivity index (χ2n) is 6.79. The van der Waals surface area contributed by atoms with Crippen molar-refractivity contribution in [2.45, 2.75) is 31.7 Å². The fraction of sp³-hybridized carbons (Fsp3) is 0.333. The number of hydrogen-bond acceptors (Lipinski definition) is 7. The highest BCUT2D eigenvalue weighted by molar-refractivity contribution is 5.95. The molecule has 2 heterocycles. The van der Waals surface area contributed by atoms with Gasteiger partial charge in [-0.05, 0) is 47.8 Å². The molecule has 1 aliphatic rings. The maximum atomic E-state index is 12.3. The predicted molar refractivity (Wildman–Crippen MR) is 94.5 cm³/mol. The SMILES string of the molecule is Cc1nc2nonc2c(N)c1Cc1ccc(C(=O)NC2(CO)CC2)cc1. The van der Waals surface area contributed by atoms with Gasteiger partial charge in [-0.2, -0.15) is 0 Å². The van der Waals surface area contributed by atoms with E-state index < -0.39 is 5.54 Å². The van der Waals surface area contributed by atoms with E-state index in [4.69, 9.17) is 10.4 Å². The number of nitrogens with two attached hydrogens (primary N) is 1. The minimum atomic E-state index is -0.423. The Labute approximate surface area is 149 Å². The molecule has 0 atom stereocenters. The van der Waals surface area contributed by atoms with Crippen molar-refractivity contribution in [2.75, 3.05) is 12.3 Å². The van der Waals surface area contributed by atoms with E-state index in [0.29, 0.717) is 28.8 Å². The number of aryl methyl sites for hydroxylation is 1. The minimum absolute atomic E-state index is 0.0260. The number of carbonyl (C=O) groups excluding carboxylic acids is 1. The van der Waals surface area contributed by atoms with Crippen molar-refractivity contribution in [3.05, 3.63) is 46.6 Å². The number of benzene rings is 1. The standard InChI is InChI=1S/C18H19N5O3/c1-10-13(14(19)15-16(20-10)23-26-22-15)8-11-2-4-12(5-3-11)17(25)21-18(9-24)6-7-18/h2-5,24H,6-9,19H2,1H3,(H,21,25). The van der Waals surface area contributed by atoms with E-state index in [1.165, 1.54) is 0 Å². The average Bonchev–Trinajstić information content (AvgIpc) is 3.25. The summed E-state index contributed by atoms with van der Waals surface area (Å²) < 4.78 is 4.70. The molecule has 0 aliphatic heterocycles. The summed E-state index contributed by atoms with van der Waals surface area (Å²) >= 11 is 0. The molecule has 0 saturated heterocycles. The highest BCUT2D eigenvalue weighted by atomic mass is 16.6. The van der Waals surface area contributed by atoms with Gasteiger partial charge in [-0.15, -0.1) is 0 Å². The zero-order valence-corrected chi connectivity index (χ0v) is 14.3. The van der Waals surface area contributed by atoms with Crippen LogP contribution in [0.5, 0.6) is 0 Å². The van der Waals surface area contributed by atoms with Crippen LogP contribution >= 0.6 is 0 Å². The van der Waals surface area contributed by atoms with Crippen LogP contribution in [0.3, 0.4) is 0 Å². The normalized spacial score (nSPS) is 15.2. The van der Waals surface area contributed by atoms with Crippen LogP contribution in [0.1, 0.15) is 40.0 Å². The number of aliphatic hydroxyl groups is 1. The Bertz CT molecular complexity index is 976. The molecule has 2 aromatic heterocycles. The summed E-state index contributed by atoms with van der Waals surface area (Å²) in [5.41, 5.74) is 10.3. The number of hydrogen-bond donors (Lipinski definition) is 3. The third kappa shape index (κ3) is 2.88. The van der Waals surface area contributed by atoms with Crippen LogP contribution in [-0.4, -0.2) is 38.5 Å². The van der Waals surface area contributed by atoms with Gasteiger partial charge in [0.2, 0.25) is 5.65 Å². The molecule has 8 heteroatoms. The van der Waals surface area contributed by atoms with Crippen LogP contribution in [0, 0.1) is 6.92 Å². The number of carbonyl (C=O) groups is 1. The zero-order valence-electron chi connectivity index (χ0n) is 14.3. The summed E-state index contributed by atoms with van der Waals surface area (Å²) in [4.78, 5) is 16.6. The third-order valence-electron chi connectivity index (χ3n) is 4.89. The van der Waals surface area contributed by atoms with Gasteiger partial charge in [0.25, 0.3) is 5.91 Å². The van der Waals surface area contributed by atoms with Gasteiger partial charge >= 0.3 is 0 Å². The number of nitrogens with one attached hydrogen (secondary N) is 1. The lowest BCUT2D eigenvalue weighted by atomic mass is 10.0. The lowest BCUT2D eigenvalue weighted by Crippen LogP contribution is -2.39. The molecule has 3 aromatic rings. The number of fused-ring (bicyclic) bond motifs is 1. The Kier molecular flexibility index (Phi) is 3.84. The molecular formula is C18H19N5O3. The monoisotopic (exact) mass is 353 g/mol. The first kappa shape index (κ1) is 16.5. The number of amides is 1. The molecule has 1 aliphatic carbocycles. The van der Waals surface area contributed by atoms with Crippen LogP contribution in [0.25, 0.3) is 11.2 Å². The number of aliphatic hydroxyl groups excluding tert-OH is 1. The number of aromatic nitrogens is 3. The molecule has 26 heavy (non-hydrogen) atoms. The van der Waals surface area contributed by atoms with E-state index in [1.807, 2.05) is 19.1 Å². The Hall–Kier alpha value is -3.00. The molecule has 1 fully saturated rings. The molecule has 1 amide bonds. The number of anilines is 1. The molecule has 0 bridgehead atoms. The molecule has 1 aromatic carbocycles. The number of nitrogens with zero attached hydrogens (tertiary/aromatic N) is 3. The van der Waals surface area contributed by atoms with Crippen molar-refractivity contribution >= 4 is 22.8 Å². The summed E-state index contributed by atoms with van der Waals surface area (Å²) in [6.45, 7) is 1.84. The van der Waals surface area contributed by atoms with E-state index in [2.05, 4.69) is 20.6 Å². The number of nitrogen functional groups attached to an aromatic ring is 1. The molecule has 0 radical (unpaired) electrons. The number of rotatable bonds is 5. The maximum Gasteiger partial charge on any atom is 0.251 e. The highest BCUT2D eigenvalue weighted by Crippen LogP contribution is 2.34. The topological polar surface area (TPSA) is 127 Å². The van der Waals surface area contributed by atoms with Gasteiger partial charge in [-0.3, -0.25) is 4.79 Å². The van der Waals surface area contributed by atoms with Crippen molar-refractivity contribution in [2.24, 2.45) is 0 Å². The van der Waals surface area contributed by atoms with Crippen LogP contribution < -0.4 is 11.1 Å². The van der Waals surface area contributed by atoms with Crippen molar-refractivity contribution in [3.63, 3.8) is 0 Å².